The summed E-state index contributed by atoms with van der Waals surface area (Å²) in [5, 5.41) is 10.00. The fraction of sp³-hybridized carbons (Fsp3) is 0.562. The molecule has 104 valence electrons. The predicted octanol–water partition coefficient (Wildman–Crippen LogP) is 3.79. The Kier molecular flexibility index (Phi) is 4.83. The Bertz CT molecular complexity index is 436. The fourth-order valence-corrected chi connectivity index (χ4v) is 2.74. The number of ether oxygens (including phenoxy) is 1. The average Bonchev–Trinajstić information content (AvgIpc) is 2.47. The molecule has 0 aliphatic heterocycles. The number of phenols is 1. The Morgan fingerprint density at radius 2 is 2.05 bits per heavy atom. The number of aromatic hydroxyl groups is 1. The number of nitrogens with zero attached hydrogens (tertiary/aromatic N) is 1. The molecule has 0 amide bonds. The molecule has 2 rings (SSSR count). The van der Waals surface area contributed by atoms with Gasteiger partial charge in [0.15, 0.2) is 11.5 Å². The lowest BCUT2D eigenvalue weighted by molar-refractivity contribution is 0.318. The number of phenolic OH excluding ortho intramolecular Hbond substituents is 1. The lowest BCUT2D eigenvalue weighted by atomic mass is 9.85. The first kappa shape index (κ1) is 13.9. The highest BCUT2D eigenvalue weighted by Crippen LogP contribution is 2.30. The van der Waals surface area contributed by atoms with Crippen molar-refractivity contribution in [3.63, 3.8) is 0 Å². The van der Waals surface area contributed by atoms with Crippen molar-refractivity contribution in [3.8, 4) is 11.5 Å². The van der Waals surface area contributed by atoms with E-state index in [0.717, 1.165) is 5.56 Å². The average molecular weight is 261 g/mol. The van der Waals surface area contributed by atoms with E-state index >= 15 is 0 Å². The minimum Gasteiger partial charge on any atom is -0.504 e. The summed E-state index contributed by atoms with van der Waals surface area (Å²) in [6, 6.07) is 5.79. The zero-order chi connectivity index (χ0) is 13.7. The van der Waals surface area contributed by atoms with Gasteiger partial charge in [0.1, 0.15) is 0 Å². The van der Waals surface area contributed by atoms with Gasteiger partial charge in [-0.15, -0.1) is 0 Å². The van der Waals surface area contributed by atoms with Crippen molar-refractivity contribution in [2.75, 3.05) is 7.11 Å². The minimum absolute atomic E-state index is 0.171. The number of hydrogen-bond donors (Lipinski definition) is 1. The first-order valence-electron chi connectivity index (χ1n) is 7.11. The van der Waals surface area contributed by atoms with Crippen molar-refractivity contribution in [2.24, 2.45) is 10.9 Å². The molecular formula is C16H23NO2. The molecule has 0 heterocycles. The minimum atomic E-state index is 0.171. The molecule has 0 spiro atoms. The van der Waals surface area contributed by atoms with Gasteiger partial charge in [-0.25, -0.2) is 0 Å². The highest BCUT2D eigenvalue weighted by molar-refractivity contribution is 5.84. The van der Waals surface area contributed by atoms with Crippen molar-refractivity contribution in [1.82, 2.24) is 0 Å². The number of methoxy groups -OCH3 is 1. The maximum atomic E-state index is 10.00. The van der Waals surface area contributed by atoms with E-state index in [-0.39, 0.29) is 5.75 Å². The molecule has 1 aliphatic carbocycles. The molecule has 3 heteroatoms. The third-order valence-electron chi connectivity index (χ3n) is 4.03. The lowest BCUT2D eigenvalue weighted by Gasteiger charge is -2.24. The summed E-state index contributed by atoms with van der Waals surface area (Å²) in [6.45, 7) is 2.17. The molecule has 1 aliphatic rings. The zero-order valence-corrected chi connectivity index (χ0v) is 11.8. The van der Waals surface area contributed by atoms with Gasteiger partial charge in [-0.3, -0.25) is 4.99 Å². The summed E-state index contributed by atoms with van der Waals surface area (Å²) < 4.78 is 5.10. The van der Waals surface area contributed by atoms with E-state index < -0.39 is 0 Å². The summed E-state index contributed by atoms with van der Waals surface area (Å²) in [6.07, 6.45) is 8.36. The highest BCUT2D eigenvalue weighted by Gasteiger charge is 2.19. The highest BCUT2D eigenvalue weighted by atomic mass is 16.5. The standard InChI is InChI=1S/C16H23NO2/c1-12(13-7-4-3-5-8-13)17-11-14-9-6-10-15(19-2)16(14)18/h6,9-13,18H,3-5,7-8H2,1-2H3. The molecule has 1 fully saturated rings. The van der Waals surface area contributed by atoms with Crippen LogP contribution in [0.2, 0.25) is 0 Å². The number of benzene rings is 1. The van der Waals surface area contributed by atoms with Crippen LogP contribution in [-0.2, 0) is 0 Å². The molecule has 1 aromatic carbocycles. The van der Waals surface area contributed by atoms with Crippen molar-refractivity contribution in [3.05, 3.63) is 23.8 Å². The summed E-state index contributed by atoms with van der Waals surface area (Å²) in [4.78, 5) is 4.61. The fourth-order valence-electron chi connectivity index (χ4n) is 2.74. The van der Waals surface area contributed by atoms with E-state index in [2.05, 4.69) is 11.9 Å². The number of hydrogen-bond acceptors (Lipinski definition) is 3. The summed E-state index contributed by atoms with van der Waals surface area (Å²) >= 11 is 0. The van der Waals surface area contributed by atoms with Gasteiger partial charge in [0, 0.05) is 17.8 Å². The molecule has 0 radical (unpaired) electrons. The van der Waals surface area contributed by atoms with Gasteiger partial charge >= 0.3 is 0 Å². The Hall–Kier alpha value is -1.51. The summed E-state index contributed by atoms with van der Waals surface area (Å²) in [5.41, 5.74) is 0.724. The first-order valence-corrected chi connectivity index (χ1v) is 7.11. The van der Waals surface area contributed by atoms with Gasteiger partial charge in [-0.05, 0) is 37.8 Å². The van der Waals surface area contributed by atoms with Crippen molar-refractivity contribution >= 4 is 6.21 Å². The normalized spacial score (nSPS) is 18.6. The number of aliphatic imine (C=N–C) groups is 1. The zero-order valence-electron chi connectivity index (χ0n) is 11.8. The van der Waals surface area contributed by atoms with Crippen LogP contribution in [0.3, 0.4) is 0 Å². The molecule has 19 heavy (non-hydrogen) atoms. The van der Waals surface area contributed by atoms with Crippen LogP contribution in [0.1, 0.15) is 44.6 Å². The smallest absolute Gasteiger partial charge is 0.166 e. The maximum Gasteiger partial charge on any atom is 0.166 e. The second-order valence-electron chi connectivity index (χ2n) is 5.31. The maximum absolute atomic E-state index is 10.00. The van der Waals surface area contributed by atoms with E-state index in [1.165, 1.54) is 32.1 Å². The largest absolute Gasteiger partial charge is 0.504 e. The Morgan fingerprint density at radius 3 is 2.74 bits per heavy atom. The van der Waals surface area contributed by atoms with Crippen LogP contribution in [-0.4, -0.2) is 24.5 Å². The van der Waals surface area contributed by atoms with Crippen LogP contribution in [0.25, 0.3) is 0 Å². The SMILES string of the molecule is COc1cccc(C=NC(C)C2CCCCC2)c1O. The van der Waals surface area contributed by atoms with Gasteiger partial charge in [0.25, 0.3) is 0 Å². The molecule has 1 unspecified atom stereocenters. The molecule has 0 bridgehead atoms. The van der Waals surface area contributed by atoms with Crippen LogP contribution in [0.5, 0.6) is 11.5 Å². The molecule has 1 saturated carbocycles. The van der Waals surface area contributed by atoms with Crippen molar-refractivity contribution in [1.29, 1.82) is 0 Å². The monoisotopic (exact) mass is 261 g/mol. The van der Waals surface area contributed by atoms with Crippen molar-refractivity contribution < 1.29 is 9.84 Å². The van der Waals surface area contributed by atoms with Crippen LogP contribution >= 0.6 is 0 Å². The van der Waals surface area contributed by atoms with Crippen LogP contribution in [0.4, 0.5) is 0 Å². The third kappa shape index (κ3) is 3.49. The molecule has 1 aromatic rings. The first-order chi connectivity index (χ1) is 9.22. The third-order valence-corrected chi connectivity index (χ3v) is 4.03. The molecular weight excluding hydrogens is 238 g/mol. The molecule has 0 aromatic heterocycles. The Labute approximate surface area is 115 Å². The van der Waals surface area contributed by atoms with Crippen LogP contribution in [0.15, 0.2) is 23.2 Å². The van der Waals surface area contributed by atoms with Gasteiger partial charge in [0.2, 0.25) is 0 Å². The van der Waals surface area contributed by atoms with Gasteiger partial charge in [-0.1, -0.05) is 25.3 Å². The number of rotatable bonds is 4. The van der Waals surface area contributed by atoms with Crippen LogP contribution < -0.4 is 4.74 Å². The van der Waals surface area contributed by atoms with Gasteiger partial charge < -0.3 is 9.84 Å². The topological polar surface area (TPSA) is 41.8 Å². The lowest BCUT2D eigenvalue weighted by Crippen LogP contribution is -2.18. The molecule has 0 saturated heterocycles. The van der Waals surface area contributed by atoms with E-state index in [1.807, 2.05) is 12.1 Å². The quantitative estimate of drug-likeness (QED) is 0.838. The van der Waals surface area contributed by atoms with Crippen LogP contribution in [0, 0.1) is 5.92 Å². The van der Waals surface area contributed by atoms with E-state index in [0.29, 0.717) is 17.7 Å². The summed E-state index contributed by atoms with van der Waals surface area (Å²) in [7, 11) is 1.56. The predicted molar refractivity (Wildman–Crippen MR) is 78.3 cm³/mol. The number of para-hydroxylation sites is 1. The van der Waals surface area contributed by atoms with Gasteiger partial charge in [-0.2, -0.15) is 0 Å². The Morgan fingerprint density at radius 1 is 1.32 bits per heavy atom. The second kappa shape index (κ2) is 6.60. The van der Waals surface area contributed by atoms with E-state index in [9.17, 15) is 5.11 Å². The summed E-state index contributed by atoms with van der Waals surface area (Å²) in [5.74, 6) is 1.36. The van der Waals surface area contributed by atoms with E-state index in [1.54, 1.807) is 19.4 Å². The van der Waals surface area contributed by atoms with Crippen molar-refractivity contribution in [2.45, 2.75) is 45.1 Å². The Balaban J connectivity index is 2.05. The molecule has 3 nitrogen and oxygen atoms in total. The molecule has 1 atom stereocenters. The second-order valence-corrected chi connectivity index (χ2v) is 5.31. The molecule has 1 N–H and O–H groups in total. The van der Waals surface area contributed by atoms with E-state index in [4.69, 9.17) is 4.74 Å². The van der Waals surface area contributed by atoms with Gasteiger partial charge in [0.05, 0.1) is 7.11 Å².